The summed E-state index contributed by atoms with van der Waals surface area (Å²) in [5.41, 5.74) is 0. The van der Waals surface area contributed by atoms with Crippen molar-refractivity contribution in [1.29, 1.82) is 0 Å². The number of hydrogen-bond donors (Lipinski definition) is 1. The average molecular weight is 278 g/mol. The predicted octanol–water partition coefficient (Wildman–Crippen LogP) is 2.10. The van der Waals surface area contributed by atoms with Gasteiger partial charge in [0.2, 0.25) is 11.8 Å². The quantitative estimate of drug-likeness (QED) is 0.917. The number of nitrogens with zero attached hydrogens (tertiary/aromatic N) is 1. The third-order valence-electron chi connectivity index (χ3n) is 4.08. The van der Waals surface area contributed by atoms with Gasteiger partial charge < -0.3 is 14.6 Å². The van der Waals surface area contributed by atoms with Gasteiger partial charge in [-0.25, -0.2) is 0 Å². The summed E-state index contributed by atoms with van der Waals surface area (Å²) in [7, 11) is 0. The highest BCUT2D eigenvalue weighted by Gasteiger charge is 2.35. The smallest absolute Gasteiger partial charge is 0.246 e. The summed E-state index contributed by atoms with van der Waals surface area (Å²) >= 11 is 0. The average Bonchev–Trinajstić information content (AvgIpc) is 2.93. The van der Waals surface area contributed by atoms with Gasteiger partial charge in [-0.15, -0.1) is 0 Å². The van der Waals surface area contributed by atoms with Gasteiger partial charge in [-0.2, -0.15) is 0 Å². The standard InChI is InChI=1S/C15H22N2O3/c1-4-10(2)14-15(19)17(8-7-13(18)16-14)11(3)12-6-5-9-20-12/h5-6,9-11,14H,4,7-8H2,1-3H3,(H,16,18). The van der Waals surface area contributed by atoms with E-state index in [1.165, 1.54) is 0 Å². The van der Waals surface area contributed by atoms with E-state index in [4.69, 9.17) is 4.42 Å². The highest BCUT2D eigenvalue weighted by molar-refractivity contribution is 5.90. The molecule has 110 valence electrons. The van der Waals surface area contributed by atoms with E-state index in [1.54, 1.807) is 11.2 Å². The Labute approximate surface area is 119 Å². The molecule has 2 rings (SSSR count). The van der Waals surface area contributed by atoms with E-state index < -0.39 is 6.04 Å². The molecule has 0 radical (unpaired) electrons. The van der Waals surface area contributed by atoms with Crippen molar-refractivity contribution >= 4 is 11.8 Å². The molecule has 1 aliphatic heterocycles. The molecule has 5 heteroatoms. The third kappa shape index (κ3) is 2.86. The Morgan fingerprint density at radius 3 is 2.80 bits per heavy atom. The highest BCUT2D eigenvalue weighted by atomic mass is 16.3. The van der Waals surface area contributed by atoms with Crippen LogP contribution in [0.5, 0.6) is 0 Å². The Bertz CT molecular complexity index is 469. The van der Waals surface area contributed by atoms with E-state index in [0.717, 1.165) is 12.2 Å². The van der Waals surface area contributed by atoms with Gasteiger partial charge in [0.25, 0.3) is 0 Å². The van der Waals surface area contributed by atoms with Crippen molar-refractivity contribution in [3.63, 3.8) is 0 Å². The molecule has 3 atom stereocenters. The lowest BCUT2D eigenvalue weighted by Crippen LogP contribution is -2.48. The van der Waals surface area contributed by atoms with Crippen molar-refractivity contribution in [3.05, 3.63) is 24.2 Å². The van der Waals surface area contributed by atoms with Crippen LogP contribution in [0, 0.1) is 5.92 Å². The normalized spacial score (nSPS) is 23.1. The number of nitrogens with one attached hydrogen (secondary N) is 1. The van der Waals surface area contributed by atoms with Crippen LogP contribution in [-0.2, 0) is 9.59 Å². The van der Waals surface area contributed by atoms with E-state index in [9.17, 15) is 9.59 Å². The first kappa shape index (κ1) is 14.6. The van der Waals surface area contributed by atoms with Crippen LogP contribution in [0.1, 0.15) is 45.4 Å². The maximum atomic E-state index is 12.7. The van der Waals surface area contributed by atoms with Crippen molar-refractivity contribution in [2.75, 3.05) is 6.54 Å². The van der Waals surface area contributed by atoms with Crippen LogP contribution in [-0.4, -0.2) is 29.3 Å². The van der Waals surface area contributed by atoms with Crippen LogP contribution in [0.4, 0.5) is 0 Å². The van der Waals surface area contributed by atoms with Crippen LogP contribution in [0.15, 0.2) is 22.8 Å². The zero-order chi connectivity index (χ0) is 14.7. The molecule has 1 aliphatic rings. The van der Waals surface area contributed by atoms with Gasteiger partial charge in [0.1, 0.15) is 11.8 Å². The molecule has 1 N–H and O–H groups in total. The lowest BCUT2D eigenvalue weighted by Gasteiger charge is -2.30. The first-order chi connectivity index (χ1) is 9.54. The minimum atomic E-state index is -0.438. The molecule has 0 spiro atoms. The molecular formula is C15H22N2O3. The molecule has 1 fully saturated rings. The lowest BCUT2D eigenvalue weighted by molar-refractivity contribution is -0.137. The molecule has 20 heavy (non-hydrogen) atoms. The molecule has 0 aromatic carbocycles. The van der Waals surface area contributed by atoms with E-state index in [0.29, 0.717) is 13.0 Å². The molecule has 5 nitrogen and oxygen atoms in total. The number of carbonyl (C=O) groups is 2. The second kappa shape index (κ2) is 6.11. The van der Waals surface area contributed by atoms with E-state index in [1.807, 2.05) is 32.9 Å². The van der Waals surface area contributed by atoms with Crippen molar-refractivity contribution < 1.29 is 14.0 Å². The third-order valence-corrected chi connectivity index (χ3v) is 4.08. The zero-order valence-electron chi connectivity index (χ0n) is 12.3. The van der Waals surface area contributed by atoms with Crippen LogP contribution in [0.25, 0.3) is 0 Å². The first-order valence-corrected chi connectivity index (χ1v) is 7.17. The molecule has 0 saturated carbocycles. The Morgan fingerprint density at radius 1 is 1.45 bits per heavy atom. The first-order valence-electron chi connectivity index (χ1n) is 7.17. The summed E-state index contributed by atoms with van der Waals surface area (Å²) in [6.45, 7) is 6.37. The fourth-order valence-electron chi connectivity index (χ4n) is 2.51. The zero-order valence-corrected chi connectivity index (χ0v) is 12.3. The van der Waals surface area contributed by atoms with Gasteiger partial charge >= 0.3 is 0 Å². The largest absolute Gasteiger partial charge is 0.467 e. The molecule has 1 aromatic rings. The summed E-state index contributed by atoms with van der Waals surface area (Å²) in [4.78, 5) is 26.2. The summed E-state index contributed by atoms with van der Waals surface area (Å²) in [6, 6.07) is 3.07. The highest BCUT2D eigenvalue weighted by Crippen LogP contribution is 2.25. The second-order valence-electron chi connectivity index (χ2n) is 5.40. The maximum absolute atomic E-state index is 12.7. The van der Waals surface area contributed by atoms with E-state index in [2.05, 4.69) is 5.32 Å². The van der Waals surface area contributed by atoms with Gasteiger partial charge in [-0.05, 0) is 25.0 Å². The maximum Gasteiger partial charge on any atom is 0.246 e. The van der Waals surface area contributed by atoms with Gasteiger partial charge in [0, 0.05) is 13.0 Å². The Balaban J connectivity index is 2.23. The summed E-state index contributed by atoms with van der Waals surface area (Å²) in [5.74, 6) is 0.790. The Hall–Kier alpha value is -1.78. The number of rotatable bonds is 4. The van der Waals surface area contributed by atoms with Crippen LogP contribution in [0.3, 0.4) is 0 Å². The van der Waals surface area contributed by atoms with Crippen molar-refractivity contribution in [3.8, 4) is 0 Å². The number of amides is 2. The molecule has 1 saturated heterocycles. The fourth-order valence-corrected chi connectivity index (χ4v) is 2.51. The number of carbonyl (C=O) groups excluding carboxylic acids is 2. The van der Waals surface area contributed by atoms with E-state index >= 15 is 0 Å². The second-order valence-corrected chi connectivity index (χ2v) is 5.40. The minimum Gasteiger partial charge on any atom is -0.467 e. The van der Waals surface area contributed by atoms with Gasteiger partial charge in [0.05, 0.1) is 12.3 Å². The minimum absolute atomic E-state index is 0.0194. The topological polar surface area (TPSA) is 62.6 Å². The number of hydrogen-bond acceptors (Lipinski definition) is 3. The predicted molar refractivity (Wildman–Crippen MR) is 74.8 cm³/mol. The summed E-state index contributed by atoms with van der Waals surface area (Å²) in [6.07, 6.45) is 2.78. The molecule has 0 aliphatic carbocycles. The summed E-state index contributed by atoms with van der Waals surface area (Å²) in [5, 5.41) is 2.85. The molecule has 2 heterocycles. The summed E-state index contributed by atoms with van der Waals surface area (Å²) < 4.78 is 5.39. The van der Waals surface area contributed by atoms with Crippen LogP contribution in [0.2, 0.25) is 0 Å². The monoisotopic (exact) mass is 278 g/mol. The van der Waals surface area contributed by atoms with Crippen LogP contribution >= 0.6 is 0 Å². The molecule has 3 unspecified atom stereocenters. The Kier molecular flexibility index (Phi) is 4.47. The molecule has 1 aromatic heterocycles. The lowest BCUT2D eigenvalue weighted by atomic mass is 9.97. The Morgan fingerprint density at radius 2 is 2.20 bits per heavy atom. The van der Waals surface area contributed by atoms with Gasteiger partial charge in [0.15, 0.2) is 0 Å². The molecule has 2 amide bonds. The van der Waals surface area contributed by atoms with Crippen molar-refractivity contribution in [2.24, 2.45) is 5.92 Å². The van der Waals surface area contributed by atoms with Crippen molar-refractivity contribution in [2.45, 2.75) is 45.7 Å². The van der Waals surface area contributed by atoms with Crippen molar-refractivity contribution in [1.82, 2.24) is 10.2 Å². The van der Waals surface area contributed by atoms with Gasteiger partial charge in [-0.1, -0.05) is 20.3 Å². The SMILES string of the molecule is CCC(C)C1NC(=O)CCN(C(C)c2ccco2)C1=O. The van der Waals surface area contributed by atoms with Gasteiger partial charge in [-0.3, -0.25) is 9.59 Å². The van der Waals surface area contributed by atoms with Crippen LogP contribution < -0.4 is 5.32 Å². The molecular weight excluding hydrogens is 256 g/mol. The molecule has 0 bridgehead atoms. The fraction of sp³-hybridized carbons (Fsp3) is 0.600. The van der Waals surface area contributed by atoms with E-state index in [-0.39, 0.29) is 23.8 Å². The number of furan rings is 1.